The van der Waals surface area contributed by atoms with Crippen molar-refractivity contribution in [2.75, 3.05) is 0 Å². The Labute approximate surface area is 96.0 Å². The monoisotopic (exact) mass is 206 g/mol. The van der Waals surface area contributed by atoms with Crippen molar-refractivity contribution in [3.8, 4) is 0 Å². The standard InChI is InChI=1S/C11H14.2C2H6/c1-3-7-11-9-6-5-8-10(11)4-2;2*1-2/h4-6,8-9H,2-3,7H2,1H3;2*1-2H3. The van der Waals surface area contributed by atoms with Crippen LogP contribution in [0.4, 0.5) is 0 Å². The molecule has 0 N–H and O–H groups in total. The molecule has 0 fully saturated rings. The zero-order valence-corrected chi connectivity index (χ0v) is 11.0. The molecule has 1 aromatic rings. The van der Waals surface area contributed by atoms with E-state index in [2.05, 4.69) is 37.8 Å². The van der Waals surface area contributed by atoms with Crippen molar-refractivity contribution in [2.45, 2.75) is 47.5 Å². The van der Waals surface area contributed by atoms with Crippen LogP contribution in [0.5, 0.6) is 0 Å². The van der Waals surface area contributed by atoms with Crippen LogP contribution in [0.1, 0.15) is 52.2 Å². The first-order valence-electron chi connectivity index (χ1n) is 6.08. The van der Waals surface area contributed by atoms with Gasteiger partial charge in [0.1, 0.15) is 0 Å². The summed E-state index contributed by atoms with van der Waals surface area (Å²) in [5.74, 6) is 0. The second-order valence-electron chi connectivity index (χ2n) is 2.65. The van der Waals surface area contributed by atoms with Gasteiger partial charge in [-0.2, -0.15) is 0 Å². The highest BCUT2D eigenvalue weighted by molar-refractivity contribution is 5.51. The molecular weight excluding hydrogens is 180 g/mol. The van der Waals surface area contributed by atoms with E-state index in [1.807, 2.05) is 33.8 Å². The highest BCUT2D eigenvalue weighted by Gasteiger charge is 1.94. The fourth-order valence-corrected chi connectivity index (χ4v) is 1.23. The van der Waals surface area contributed by atoms with E-state index >= 15 is 0 Å². The van der Waals surface area contributed by atoms with Crippen LogP contribution in [0.25, 0.3) is 6.08 Å². The molecule has 0 saturated heterocycles. The topological polar surface area (TPSA) is 0 Å². The summed E-state index contributed by atoms with van der Waals surface area (Å²) < 4.78 is 0. The minimum absolute atomic E-state index is 1.15. The van der Waals surface area contributed by atoms with Gasteiger partial charge in [-0.3, -0.25) is 0 Å². The van der Waals surface area contributed by atoms with Crippen LogP contribution in [0.3, 0.4) is 0 Å². The largest absolute Gasteiger partial charge is 0.0985 e. The van der Waals surface area contributed by atoms with Crippen LogP contribution in [-0.2, 0) is 6.42 Å². The van der Waals surface area contributed by atoms with Gasteiger partial charge in [-0.25, -0.2) is 0 Å². The third-order valence-corrected chi connectivity index (χ3v) is 1.79. The summed E-state index contributed by atoms with van der Waals surface area (Å²) >= 11 is 0. The second-order valence-corrected chi connectivity index (χ2v) is 2.65. The predicted octanol–water partition coefficient (Wildman–Crippen LogP) is 5.33. The van der Waals surface area contributed by atoms with Gasteiger partial charge in [0.2, 0.25) is 0 Å². The third kappa shape index (κ3) is 6.96. The van der Waals surface area contributed by atoms with Gasteiger partial charge in [0, 0.05) is 0 Å². The van der Waals surface area contributed by atoms with E-state index in [-0.39, 0.29) is 0 Å². The molecule has 0 atom stereocenters. The zero-order valence-electron chi connectivity index (χ0n) is 11.0. The molecule has 15 heavy (non-hydrogen) atoms. The van der Waals surface area contributed by atoms with Crippen molar-refractivity contribution in [3.05, 3.63) is 42.0 Å². The van der Waals surface area contributed by atoms with Crippen LogP contribution in [0, 0.1) is 0 Å². The summed E-state index contributed by atoms with van der Waals surface area (Å²) in [6, 6.07) is 8.41. The van der Waals surface area contributed by atoms with Crippen molar-refractivity contribution in [1.29, 1.82) is 0 Å². The van der Waals surface area contributed by atoms with Gasteiger partial charge in [-0.05, 0) is 17.5 Å². The molecule has 1 aromatic carbocycles. The molecule has 0 aromatic heterocycles. The first kappa shape index (κ1) is 16.4. The molecule has 0 saturated carbocycles. The smallest absolute Gasteiger partial charge is 0.0230 e. The lowest BCUT2D eigenvalue weighted by Crippen LogP contribution is -1.86. The van der Waals surface area contributed by atoms with Crippen LogP contribution in [-0.4, -0.2) is 0 Å². The highest BCUT2D eigenvalue weighted by Crippen LogP contribution is 2.11. The Hall–Kier alpha value is -1.04. The molecular formula is C15H26. The molecule has 0 aliphatic heterocycles. The first-order valence-corrected chi connectivity index (χ1v) is 6.08. The van der Waals surface area contributed by atoms with Crippen molar-refractivity contribution in [1.82, 2.24) is 0 Å². The normalized spacial score (nSPS) is 7.80. The molecule has 1 rings (SSSR count). The number of hydrogen-bond donors (Lipinski definition) is 0. The SMILES string of the molecule is C=Cc1ccccc1CCC.CC.CC. The Morgan fingerprint density at radius 1 is 1.07 bits per heavy atom. The fraction of sp³-hybridized carbons (Fsp3) is 0.467. The first-order chi connectivity index (χ1) is 7.38. The van der Waals surface area contributed by atoms with Crippen LogP contribution >= 0.6 is 0 Å². The van der Waals surface area contributed by atoms with Gasteiger partial charge >= 0.3 is 0 Å². The van der Waals surface area contributed by atoms with Gasteiger partial charge in [0.05, 0.1) is 0 Å². The molecule has 86 valence electrons. The molecule has 0 heteroatoms. The molecule has 0 spiro atoms. The van der Waals surface area contributed by atoms with Crippen molar-refractivity contribution in [3.63, 3.8) is 0 Å². The summed E-state index contributed by atoms with van der Waals surface area (Å²) in [5.41, 5.74) is 2.68. The molecule has 0 aliphatic rings. The van der Waals surface area contributed by atoms with Crippen LogP contribution in [0.15, 0.2) is 30.8 Å². The van der Waals surface area contributed by atoms with E-state index in [9.17, 15) is 0 Å². The van der Waals surface area contributed by atoms with Gasteiger partial charge < -0.3 is 0 Å². The third-order valence-electron chi connectivity index (χ3n) is 1.79. The highest BCUT2D eigenvalue weighted by atomic mass is 14.0. The summed E-state index contributed by atoms with van der Waals surface area (Å²) in [4.78, 5) is 0. The Balaban J connectivity index is 0. The summed E-state index contributed by atoms with van der Waals surface area (Å²) in [6.07, 6.45) is 4.28. The van der Waals surface area contributed by atoms with Crippen LogP contribution in [0.2, 0.25) is 0 Å². The molecule has 0 aliphatic carbocycles. The second kappa shape index (κ2) is 13.0. The van der Waals surface area contributed by atoms with Gasteiger partial charge in [0.15, 0.2) is 0 Å². The average Bonchev–Trinajstić information content (AvgIpc) is 2.35. The Morgan fingerprint density at radius 3 is 2.07 bits per heavy atom. The van der Waals surface area contributed by atoms with E-state index in [1.54, 1.807) is 0 Å². The maximum Gasteiger partial charge on any atom is -0.0230 e. The van der Waals surface area contributed by atoms with Gasteiger partial charge in [-0.15, -0.1) is 0 Å². The van der Waals surface area contributed by atoms with Crippen molar-refractivity contribution >= 4 is 6.08 Å². The van der Waals surface area contributed by atoms with Crippen molar-refractivity contribution in [2.24, 2.45) is 0 Å². The lowest BCUT2D eigenvalue weighted by atomic mass is 10.0. The van der Waals surface area contributed by atoms with Gasteiger partial charge in [0.25, 0.3) is 0 Å². The lowest BCUT2D eigenvalue weighted by Gasteiger charge is -2.02. The van der Waals surface area contributed by atoms with Crippen LogP contribution < -0.4 is 0 Å². The molecule has 0 radical (unpaired) electrons. The molecule has 0 heterocycles. The Kier molecular flexibility index (Phi) is 14.2. The summed E-state index contributed by atoms with van der Waals surface area (Å²) in [6.45, 7) is 14.0. The average molecular weight is 206 g/mol. The van der Waals surface area contributed by atoms with E-state index in [1.165, 1.54) is 17.5 Å². The lowest BCUT2D eigenvalue weighted by molar-refractivity contribution is 0.919. The molecule has 0 amide bonds. The van der Waals surface area contributed by atoms with Crippen molar-refractivity contribution < 1.29 is 0 Å². The maximum absolute atomic E-state index is 3.77. The number of hydrogen-bond acceptors (Lipinski definition) is 0. The maximum atomic E-state index is 3.77. The fourth-order valence-electron chi connectivity index (χ4n) is 1.23. The molecule has 0 bridgehead atoms. The Bertz CT molecular complexity index is 236. The zero-order chi connectivity index (χ0) is 12.1. The summed E-state index contributed by atoms with van der Waals surface area (Å²) in [5, 5.41) is 0. The van der Waals surface area contributed by atoms with E-state index in [0.29, 0.717) is 0 Å². The minimum Gasteiger partial charge on any atom is -0.0985 e. The quantitative estimate of drug-likeness (QED) is 0.626. The molecule has 0 unspecified atom stereocenters. The summed E-state index contributed by atoms with van der Waals surface area (Å²) in [7, 11) is 0. The molecule has 0 nitrogen and oxygen atoms in total. The Morgan fingerprint density at radius 2 is 1.60 bits per heavy atom. The number of benzene rings is 1. The minimum atomic E-state index is 1.15. The van der Waals surface area contributed by atoms with E-state index in [0.717, 1.165) is 6.42 Å². The van der Waals surface area contributed by atoms with E-state index < -0.39 is 0 Å². The van der Waals surface area contributed by atoms with Gasteiger partial charge in [-0.1, -0.05) is 78.0 Å². The van der Waals surface area contributed by atoms with E-state index in [4.69, 9.17) is 0 Å². The number of aryl methyl sites for hydroxylation is 1. The number of rotatable bonds is 3. The predicted molar refractivity (Wildman–Crippen MR) is 73.2 cm³/mol.